The molecule has 1 aromatic rings. The van der Waals surface area contributed by atoms with Gasteiger partial charge in [0, 0.05) is 5.33 Å². The van der Waals surface area contributed by atoms with Crippen molar-refractivity contribution in [3.63, 3.8) is 0 Å². The average molecular weight is 285 g/mol. The second-order valence-corrected chi connectivity index (χ2v) is 4.90. The topological polar surface area (TPSA) is 29.5 Å². The second-order valence-electron chi connectivity index (χ2n) is 4.26. The van der Waals surface area contributed by atoms with Crippen LogP contribution in [0.2, 0.25) is 0 Å². The molecule has 0 heterocycles. The lowest BCUT2D eigenvalue weighted by atomic mass is 9.92. The molecule has 88 valence electrons. The van der Waals surface area contributed by atoms with Gasteiger partial charge in [-0.1, -0.05) is 22.0 Å². The minimum Gasteiger partial charge on any atom is -0.491 e. The van der Waals surface area contributed by atoms with Crippen LogP contribution >= 0.6 is 15.9 Å². The Balaban J connectivity index is 2.00. The highest BCUT2D eigenvalue weighted by Gasteiger charge is 2.10. The largest absolute Gasteiger partial charge is 0.491 e. The van der Waals surface area contributed by atoms with Crippen molar-refractivity contribution in [1.29, 1.82) is 0 Å². The highest BCUT2D eigenvalue weighted by Crippen LogP contribution is 2.25. The van der Waals surface area contributed by atoms with Crippen molar-refractivity contribution in [2.24, 2.45) is 0 Å². The van der Waals surface area contributed by atoms with Crippen LogP contribution in [0.15, 0.2) is 18.2 Å². The number of halogens is 1. The number of aliphatic hydroxyl groups excluding tert-OH is 1. The van der Waals surface area contributed by atoms with Crippen LogP contribution in [0.3, 0.4) is 0 Å². The summed E-state index contributed by atoms with van der Waals surface area (Å²) in [5, 5.41) is 9.94. The Bertz CT molecular complexity index is 352. The number of rotatable bonds is 4. The predicted molar refractivity (Wildman–Crippen MR) is 68.4 cm³/mol. The summed E-state index contributed by atoms with van der Waals surface area (Å²) in [4.78, 5) is 0. The van der Waals surface area contributed by atoms with Gasteiger partial charge in [-0.05, 0) is 48.9 Å². The first-order valence-corrected chi connectivity index (χ1v) is 6.90. The molecule has 0 fully saturated rings. The number of alkyl halides is 1. The summed E-state index contributed by atoms with van der Waals surface area (Å²) in [6.45, 7) is 0.351. The van der Waals surface area contributed by atoms with E-state index < -0.39 is 6.10 Å². The molecule has 1 aromatic carbocycles. The Kier molecular flexibility index (Phi) is 4.24. The third kappa shape index (κ3) is 2.98. The lowest BCUT2D eigenvalue weighted by molar-refractivity contribution is 0.127. The molecule has 0 aromatic heterocycles. The van der Waals surface area contributed by atoms with Crippen molar-refractivity contribution in [1.82, 2.24) is 0 Å². The molecule has 0 bridgehead atoms. The lowest BCUT2D eigenvalue weighted by Gasteiger charge is -2.17. The summed E-state index contributed by atoms with van der Waals surface area (Å²) in [6, 6.07) is 6.28. The normalized spacial score (nSPS) is 16.6. The summed E-state index contributed by atoms with van der Waals surface area (Å²) >= 11 is 3.22. The summed E-state index contributed by atoms with van der Waals surface area (Å²) in [6.07, 6.45) is 4.50. The zero-order chi connectivity index (χ0) is 11.4. The maximum atomic E-state index is 9.39. The molecule has 0 aliphatic heterocycles. The fourth-order valence-corrected chi connectivity index (χ4v) is 2.22. The first kappa shape index (κ1) is 11.9. The van der Waals surface area contributed by atoms with Crippen molar-refractivity contribution >= 4 is 15.9 Å². The van der Waals surface area contributed by atoms with Crippen LogP contribution < -0.4 is 4.74 Å². The first-order valence-electron chi connectivity index (χ1n) is 5.78. The number of aliphatic hydroxyl groups is 1. The van der Waals surface area contributed by atoms with E-state index in [-0.39, 0.29) is 0 Å². The molecule has 3 heteroatoms. The molecule has 1 aliphatic rings. The van der Waals surface area contributed by atoms with E-state index >= 15 is 0 Å². The predicted octanol–water partition coefficient (Wildman–Crippen LogP) is 2.70. The summed E-state index contributed by atoms with van der Waals surface area (Å²) in [5.41, 5.74) is 2.87. The van der Waals surface area contributed by atoms with Crippen LogP contribution in [0.25, 0.3) is 0 Å². The second kappa shape index (κ2) is 5.69. The minimum atomic E-state index is -0.434. The molecule has 2 rings (SSSR count). The average Bonchev–Trinajstić information content (AvgIpc) is 2.35. The van der Waals surface area contributed by atoms with E-state index in [9.17, 15) is 5.11 Å². The Morgan fingerprint density at radius 2 is 2.00 bits per heavy atom. The van der Waals surface area contributed by atoms with E-state index in [1.807, 2.05) is 6.07 Å². The van der Waals surface area contributed by atoms with Gasteiger partial charge in [-0.2, -0.15) is 0 Å². The van der Waals surface area contributed by atoms with Crippen molar-refractivity contribution in [2.45, 2.75) is 31.8 Å². The van der Waals surface area contributed by atoms with E-state index in [1.165, 1.54) is 30.4 Å². The van der Waals surface area contributed by atoms with Crippen LogP contribution in [0.4, 0.5) is 0 Å². The Morgan fingerprint density at radius 1 is 1.25 bits per heavy atom. The SMILES string of the molecule is OC(CBr)COc1ccc2c(c1)CCCC2. The minimum absolute atomic E-state index is 0.351. The molecule has 0 spiro atoms. The third-order valence-electron chi connectivity index (χ3n) is 2.94. The van der Waals surface area contributed by atoms with Gasteiger partial charge >= 0.3 is 0 Å². The van der Waals surface area contributed by atoms with E-state index in [1.54, 1.807) is 0 Å². The van der Waals surface area contributed by atoms with Crippen LogP contribution in [0, 0.1) is 0 Å². The van der Waals surface area contributed by atoms with Gasteiger partial charge in [0.25, 0.3) is 0 Å². The standard InChI is InChI=1S/C13H17BrO2/c14-8-12(15)9-16-13-6-5-10-3-1-2-4-11(10)7-13/h5-7,12,15H,1-4,8-9H2. The van der Waals surface area contributed by atoms with Crippen molar-refractivity contribution < 1.29 is 9.84 Å². The number of aryl methyl sites for hydroxylation is 2. The van der Waals surface area contributed by atoms with E-state index in [0.29, 0.717) is 11.9 Å². The van der Waals surface area contributed by atoms with Gasteiger partial charge in [0.1, 0.15) is 12.4 Å². The Labute approximate surface area is 105 Å². The quantitative estimate of drug-likeness (QED) is 0.862. The molecule has 0 radical (unpaired) electrons. The van der Waals surface area contributed by atoms with Crippen LogP contribution in [0.1, 0.15) is 24.0 Å². The van der Waals surface area contributed by atoms with Crippen molar-refractivity contribution in [3.05, 3.63) is 29.3 Å². The van der Waals surface area contributed by atoms with Gasteiger partial charge in [-0.25, -0.2) is 0 Å². The summed E-state index contributed by atoms with van der Waals surface area (Å²) in [7, 11) is 0. The molecule has 0 saturated carbocycles. The van der Waals surface area contributed by atoms with Gasteiger partial charge in [-0.15, -0.1) is 0 Å². The molecular weight excluding hydrogens is 268 g/mol. The lowest BCUT2D eigenvalue weighted by Crippen LogP contribution is -2.18. The number of ether oxygens (including phenoxy) is 1. The molecule has 0 amide bonds. The third-order valence-corrected chi connectivity index (χ3v) is 3.69. The van der Waals surface area contributed by atoms with Crippen LogP contribution in [-0.4, -0.2) is 23.1 Å². The Morgan fingerprint density at radius 3 is 2.75 bits per heavy atom. The Hall–Kier alpha value is -0.540. The first-order chi connectivity index (χ1) is 7.79. The summed E-state index contributed by atoms with van der Waals surface area (Å²) < 4.78 is 5.54. The van der Waals surface area contributed by atoms with E-state index in [2.05, 4.69) is 28.1 Å². The molecule has 1 N–H and O–H groups in total. The van der Waals surface area contributed by atoms with Gasteiger partial charge < -0.3 is 9.84 Å². The molecule has 16 heavy (non-hydrogen) atoms. The molecular formula is C13H17BrO2. The number of hydrogen-bond acceptors (Lipinski definition) is 2. The molecule has 1 unspecified atom stereocenters. The van der Waals surface area contributed by atoms with Gasteiger partial charge in [0.05, 0.1) is 6.10 Å². The summed E-state index contributed by atoms with van der Waals surface area (Å²) in [5.74, 6) is 0.876. The van der Waals surface area contributed by atoms with Gasteiger partial charge in [0.15, 0.2) is 0 Å². The zero-order valence-electron chi connectivity index (χ0n) is 9.29. The molecule has 2 nitrogen and oxygen atoms in total. The highest BCUT2D eigenvalue weighted by molar-refractivity contribution is 9.09. The fraction of sp³-hybridized carbons (Fsp3) is 0.538. The van der Waals surface area contributed by atoms with E-state index in [0.717, 1.165) is 12.2 Å². The maximum absolute atomic E-state index is 9.39. The van der Waals surface area contributed by atoms with Gasteiger partial charge in [-0.3, -0.25) is 0 Å². The van der Waals surface area contributed by atoms with Crippen molar-refractivity contribution in [2.75, 3.05) is 11.9 Å². The smallest absolute Gasteiger partial charge is 0.119 e. The number of fused-ring (bicyclic) bond motifs is 1. The van der Waals surface area contributed by atoms with Crippen molar-refractivity contribution in [3.8, 4) is 5.75 Å². The zero-order valence-corrected chi connectivity index (χ0v) is 10.9. The molecule has 1 aliphatic carbocycles. The number of hydrogen-bond donors (Lipinski definition) is 1. The van der Waals surface area contributed by atoms with Crippen LogP contribution in [0.5, 0.6) is 5.75 Å². The van der Waals surface area contributed by atoms with Crippen LogP contribution in [-0.2, 0) is 12.8 Å². The number of benzene rings is 1. The highest BCUT2D eigenvalue weighted by atomic mass is 79.9. The van der Waals surface area contributed by atoms with E-state index in [4.69, 9.17) is 4.74 Å². The monoisotopic (exact) mass is 284 g/mol. The molecule has 0 saturated heterocycles. The van der Waals surface area contributed by atoms with Gasteiger partial charge in [0.2, 0.25) is 0 Å². The molecule has 1 atom stereocenters. The maximum Gasteiger partial charge on any atom is 0.119 e. The fourth-order valence-electron chi connectivity index (χ4n) is 2.04.